The van der Waals surface area contributed by atoms with Crippen LogP contribution in [0.15, 0.2) is 75.7 Å². The van der Waals surface area contributed by atoms with Gasteiger partial charge in [0.05, 0.1) is 29.0 Å². The SMILES string of the molecule is CCOC(=O)C1=C(C)N=c2s/c(=C\c3cc(C)n(-c4ccc(C)cc4)c3C)c(=O)n2[C@H]1c1ccccc1OCC. The minimum absolute atomic E-state index is 0.213. The van der Waals surface area contributed by atoms with Gasteiger partial charge in [-0.05, 0) is 77.4 Å². The molecule has 40 heavy (non-hydrogen) atoms. The number of carbonyl (C=O) groups excluding carboxylic acids is 1. The van der Waals surface area contributed by atoms with Crippen LogP contribution < -0.4 is 19.6 Å². The number of hydrogen-bond acceptors (Lipinski definition) is 6. The Hall–Kier alpha value is -4.17. The number of carbonyl (C=O) groups is 1. The van der Waals surface area contributed by atoms with Crippen LogP contribution >= 0.6 is 11.3 Å². The molecule has 2 aromatic heterocycles. The maximum absolute atomic E-state index is 14.1. The van der Waals surface area contributed by atoms with Gasteiger partial charge in [0.2, 0.25) is 0 Å². The number of ether oxygens (including phenoxy) is 2. The molecule has 0 saturated carbocycles. The highest BCUT2D eigenvalue weighted by Crippen LogP contribution is 2.36. The molecule has 0 N–H and O–H groups in total. The smallest absolute Gasteiger partial charge is 0.338 e. The van der Waals surface area contributed by atoms with Gasteiger partial charge < -0.3 is 14.0 Å². The van der Waals surface area contributed by atoms with E-state index >= 15 is 0 Å². The molecule has 1 aliphatic rings. The zero-order chi connectivity index (χ0) is 28.6. The number of allylic oxidation sites excluding steroid dienone is 1. The molecule has 5 rings (SSSR count). The van der Waals surface area contributed by atoms with Gasteiger partial charge in [-0.2, -0.15) is 0 Å². The fraction of sp³-hybridized carbons (Fsp3) is 0.281. The van der Waals surface area contributed by atoms with Gasteiger partial charge in [-0.3, -0.25) is 9.36 Å². The minimum atomic E-state index is -0.722. The normalized spacial score (nSPS) is 15.2. The first-order valence-electron chi connectivity index (χ1n) is 13.4. The molecular formula is C32H33N3O4S. The minimum Gasteiger partial charge on any atom is -0.494 e. The van der Waals surface area contributed by atoms with Gasteiger partial charge in [0.15, 0.2) is 4.80 Å². The summed E-state index contributed by atoms with van der Waals surface area (Å²) in [6.07, 6.45) is 1.92. The van der Waals surface area contributed by atoms with E-state index in [1.807, 2.05) is 37.3 Å². The maximum atomic E-state index is 14.1. The Morgan fingerprint density at radius 1 is 1.02 bits per heavy atom. The molecule has 0 bridgehead atoms. The van der Waals surface area contributed by atoms with Crippen molar-refractivity contribution in [3.05, 3.63) is 114 Å². The predicted molar refractivity (Wildman–Crippen MR) is 158 cm³/mol. The molecular weight excluding hydrogens is 522 g/mol. The highest BCUT2D eigenvalue weighted by molar-refractivity contribution is 7.07. The standard InChI is InChI=1S/C32H33N3O4S/c1-7-38-26-12-10-9-11-25(26)29-28(31(37)39-8-2)21(5)33-32-35(29)30(36)27(40-32)18-23-17-20(4)34(22(23)6)24-15-13-19(3)14-16-24/h9-18,29H,7-8H2,1-6H3/b27-18-/t29-/m0/s1. The van der Waals surface area contributed by atoms with E-state index in [4.69, 9.17) is 14.5 Å². The lowest BCUT2D eigenvalue weighted by Crippen LogP contribution is -2.40. The molecule has 2 aromatic carbocycles. The molecule has 3 heterocycles. The lowest BCUT2D eigenvalue weighted by Gasteiger charge is -2.26. The predicted octanol–water partition coefficient (Wildman–Crippen LogP) is 4.91. The van der Waals surface area contributed by atoms with Gasteiger partial charge in [0, 0.05) is 22.6 Å². The van der Waals surface area contributed by atoms with Crippen molar-refractivity contribution in [1.82, 2.24) is 9.13 Å². The molecule has 7 nitrogen and oxygen atoms in total. The number of thiazole rings is 1. The van der Waals surface area contributed by atoms with Gasteiger partial charge in [-0.15, -0.1) is 0 Å². The Morgan fingerprint density at radius 3 is 2.45 bits per heavy atom. The summed E-state index contributed by atoms with van der Waals surface area (Å²) in [5, 5.41) is 0. The largest absolute Gasteiger partial charge is 0.494 e. The van der Waals surface area contributed by atoms with E-state index in [0.29, 0.717) is 38.5 Å². The van der Waals surface area contributed by atoms with E-state index in [2.05, 4.69) is 55.7 Å². The molecule has 0 fully saturated rings. The number of para-hydroxylation sites is 1. The summed E-state index contributed by atoms with van der Waals surface area (Å²) in [6, 6.07) is 17.3. The summed E-state index contributed by atoms with van der Waals surface area (Å²) in [4.78, 5) is 32.5. The van der Waals surface area contributed by atoms with Crippen LogP contribution in [-0.4, -0.2) is 28.3 Å². The highest BCUT2D eigenvalue weighted by Gasteiger charge is 2.35. The molecule has 206 valence electrons. The number of benzene rings is 2. The molecule has 1 atom stereocenters. The van der Waals surface area contributed by atoms with Gasteiger partial charge in [0.1, 0.15) is 11.8 Å². The lowest BCUT2D eigenvalue weighted by molar-refractivity contribution is -0.139. The first kappa shape index (κ1) is 27.4. The number of aromatic nitrogens is 2. The van der Waals surface area contributed by atoms with Crippen molar-refractivity contribution >= 4 is 23.4 Å². The first-order valence-corrected chi connectivity index (χ1v) is 14.2. The van der Waals surface area contributed by atoms with Crippen LogP contribution in [0.4, 0.5) is 0 Å². The van der Waals surface area contributed by atoms with Gasteiger partial charge in [0.25, 0.3) is 5.56 Å². The van der Waals surface area contributed by atoms with E-state index in [1.165, 1.54) is 16.9 Å². The van der Waals surface area contributed by atoms with Crippen LogP contribution in [0, 0.1) is 20.8 Å². The van der Waals surface area contributed by atoms with E-state index in [0.717, 1.165) is 22.6 Å². The fourth-order valence-electron chi connectivity index (χ4n) is 5.25. The molecule has 1 aliphatic heterocycles. The lowest BCUT2D eigenvalue weighted by atomic mass is 9.95. The van der Waals surface area contributed by atoms with Crippen molar-refractivity contribution in [3.8, 4) is 11.4 Å². The molecule has 0 unspecified atom stereocenters. The Balaban J connectivity index is 1.71. The summed E-state index contributed by atoms with van der Waals surface area (Å²) in [5.41, 5.74) is 6.70. The monoisotopic (exact) mass is 555 g/mol. The van der Waals surface area contributed by atoms with Gasteiger partial charge in [-0.25, -0.2) is 9.79 Å². The zero-order valence-corrected chi connectivity index (χ0v) is 24.5. The van der Waals surface area contributed by atoms with E-state index in [-0.39, 0.29) is 12.2 Å². The zero-order valence-electron chi connectivity index (χ0n) is 23.6. The third-order valence-electron chi connectivity index (χ3n) is 7.08. The van der Waals surface area contributed by atoms with Crippen molar-refractivity contribution in [2.45, 2.75) is 47.6 Å². The van der Waals surface area contributed by atoms with Crippen LogP contribution in [0.1, 0.15) is 54.9 Å². The second kappa shape index (κ2) is 11.1. The summed E-state index contributed by atoms with van der Waals surface area (Å²) in [7, 11) is 0. The van der Waals surface area contributed by atoms with Crippen LogP contribution in [0.2, 0.25) is 0 Å². The quantitative estimate of drug-likeness (QED) is 0.304. The average Bonchev–Trinajstić information content (AvgIpc) is 3.38. The number of esters is 1. The van der Waals surface area contributed by atoms with Crippen molar-refractivity contribution in [2.75, 3.05) is 13.2 Å². The second-order valence-electron chi connectivity index (χ2n) is 9.77. The van der Waals surface area contributed by atoms with Crippen LogP contribution in [0.25, 0.3) is 11.8 Å². The highest BCUT2D eigenvalue weighted by atomic mass is 32.1. The maximum Gasteiger partial charge on any atom is 0.338 e. The summed E-state index contributed by atoms with van der Waals surface area (Å²) in [5.74, 6) is 0.124. The topological polar surface area (TPSA) is 74.8 Å². The van der Waals surface area contributed by atoms with Crippen LogP contribution in [0.5, 0.6) is 5.75 Å². The number of hydrogen-bond donors (Lipinski definition) is 0. The first-order chi connectivity index (χ1) is 19.2. The summed E-state index contributed by atoms with van der Waals surface area (Å²) >= 11 is 1.32. The fourth-order valence-corrected chi connectivity index (χ4v) is 6.28. The molecule has 8 heteroatoms. The molecule has 0 spiro atoms. The van der Waals surface area contributed by atoms with E-state index in [1.54, 1.807) is 18.4 Å². The van der Waals surface area contributed by atoms with E-state index in [9.17, 15) is 9.59 Å². The van der Waals surface area contributed by atoms with E-state index < -0.39 is 12.0 Å². The Kier molecular flexibility index (Phi) is 7.63. The van der Waals surface area contributed by atoms with Crippen LogP contribution in [-0.2, 0) is 9.53 Å². The number of aryl methyl sites for hydroxylation is 2. The van der Waals surface area contributed by atoms with Crippen LogP contribution in [0.3, 0.4) is 0 Å². The van der Waals surface area contributed by atoms with Gasteiger partial charge >= 0.3 is 5.97 Å². The second-order valence-corrected chi connectivity index (χ2v) is 10.8. The Bertz CT molecular complexity index is 1810. The Labute approximate surface area is 237 Å². The molecule has 0 amide bonds. The third kappa shape index (κ3) is 4.84. The van der Waals surface area contributed by atoms with Gasteiger partial charge in [-0.1, -0.05) is 47.2 Å². The molecule has 4 aromatic rings. The molecule has 0 radical (unpaired) electrons. The molecule has 0 aliphatic carbocycles. The van der Waals surface area contributed by atoms with Crippen molar-refractivity contribution < 1.29 is 14.3 Å². The summed E-state index contributed by atoms with van der Waals surface area (Å²) < 4.78 is 15.7. The average molecular weight is 556 g/mol. The third-order valence-corrected chi connectivity index (χ3v) is 8.06. The number of fused-ring (bicyclic) bond motifs is 1. The number of rotatable bonds is 7. The van der Waals surface area contributed by atoms with Crippen molar-refractivity contribution in [1.29, 1.82) is 0 Å². The molecule has 0 saturated heterocycles. The van der Waals surface area contributed by atoms with Crippen molar-refractivity contribution in [2.24, 2.45) is 4.99 Å². The Morgan fingerprint density at radius 2 is 1.75 bits per heavy atom. The number of nitrogens with zero attached hydrogens (tertiary/aromatic N) is 3. The summed E-state index contributed by atoms with van der Waals surface area (Å²) in [6.45, 7) is 12.3. The van der Waals surface area contributed by atoms with Crippen molar-refractivity contribution in [3.63, 3.8) is 0 Å².